The number of hydrogen-bond acceptors (Lipinski definition) is 1. The zero-order valence-corrected chi connectivity index (χ0v) is 7.06. The molecule has 0 unspecified atom stereocenters. The zero-order valence-electron chi connectivity index (χ0n) is 2.74. The molecule has 1 nitrogen and oxygen atoms in total. The van der Waals surface area contributed by atoms with Crippen molar-refractivity contribution in [3.8, 4) is 0 Å². The van der Waals surface area contributed by atoms with Crippen LogP contribution in [0.3, 0.4) is 0 Å². The van der Waals surface area contributed by atoms with E-state index in [1.54, 1.807) is 6.29 Å². The molecule has 6 heavy (non-hydrogen) atoms. The van der Waals surface area contributed by atoms with Gasteiger partial charge in [0.2, 0.25) is 6.29 Å². The first-order valence-corrected chi connectivity index (χ1v) is 3.32. The summed E-state index contributed by atoms with van der Waals surface area (Å²) in [6, 6.07) is 0. The Balaban J connectivity index is 3.41. The van der Waals surface area contributed by atoms with E-state index in [0.29, 0.717) is 0 Å². The Morgan fingerprint density at radius 2 is 2.17 bits per heavy atom. The topological polar surface area (TPSA) is 17.1 Å². The first kappa shape index (κ1) is 6.87. The second-order valence-corrected chi connectivity index (χ2v) is 4.94. The van der Waals surface area contributed by atoms with Gasteiger partial charge in [-0.1, -0.05) is 0 Å². The van der Waals surface area contributed by atoms with Crippen LogP contribution >= 0.6 is 45.2 Å². The van der Waals surface area contributed by atoms with Crippen molar-refractivity contribution in [3.63, 3.8) is 0 Å². The lowest BCUT2D eigenvalue weighted by molar-refractivity contribution is 0.564. The van der Waals surface area contributed by atoms with Gasteiger partial charge in [0.15, 0.2) is 0 Å². The fourth-order valence-electron chi connectivity index (χ4n) is 0.0445. The molecule has 0 bridgehead atoms. The van der Waals surface area contributed by atoms with E-state index in [9.17, 15) is 4.79 Å². The van der Waals surface area contributed by atoms with E-state index in [0.717, 1.165) is 1.59 Å². The van der Waals surface area contributed by atoms with E-state index in [1.807, 2.05) is 45.2 Å². The predicted molar refractivity (Wildman–Crippen MR) is 41.8 cm³/mol. The molecule has 0 saturated carbocycles. The van der Waals surface area contributed by atoms with Crippen LogP contribution in [0, 0.1) is 0 Å². The quantitative estimate of drug-likeness (QED) is 0.533. The molecule has 0 N–H and O–H groups in total. The van der Waals surface area contributed by atoms with E-state index in [4.69, 9.17) is 0 Å². The SMILES string of the molecule is O=[C]C=C(I)I. The fourth-order valence-corrected chi connectivity index (χ4v) is 0.299. The molecule has 0 fully saturated rings. The Labute approximate surface area is 63.5 Å². The molecule has 0 heterocycles. The van der Waals surface area contributed by atoms with Gasteiger partial charge in [-0.15, -0.1) is 0 Å². The Morgan fingerprint density at radius 1 is 1.67 bits per heavy atom. The first-order valence-electron chi connectivity index (χ1n) is 1.16. The molecule has 0 aliphatic heterocycles. The Kier molecular flexibility index (Phi) is 4.63. The van der Waals surface area contributed by atoms with Crippen LogP contribution in [0.15, 0.2) is 7.66 Å². The predicted octanol–water partition coefficient (Wildman–Crippen LogP) is 1.81. The minimum absolute atomic E-state index is 0.931. The van der Waals surface area contributed by atoms with Crippen molar-refractivity contribution in [2.45, 2.75) is 0 Å². The third-order valence-electron chi connectivity index (χ3n) is 0.168. The number of halogens is 2. The Hall–Kier alpha value is 0.870. The fraction of sp³-hybridized carbons (Fsp3) is 0. The van der Waals surface area contributed by atoms with Crippen molar-refractivity contribution in [1.29, 1.82) is 0 Å². The third-order valence-corrected chi connectivity index (χ3v) is 0.791. The summed E-state index contributed by atoms with van der Waals surface area (Å²) in [5, 5.41) is 0. The molecule has 0 aromatic rings. The number of hydrogen-bond donors (Lipinski definition) is 0. The average Bonchev–Trinajstić information content (AvgIpc) is 1.35. The third kappa shape index (κ3) is 4.87. The minimum atomic E-state index is 0.931. The molecule has 0 saturated heterocycles. The normalized spacial score (nSPS) is 7.00. The second kappa shape index (κ2) is 4.04. The van der Waals surface area contributed by atoms with Crippen LogP contribution in [0.5, 0.6) is 0 Å². The summed E-state index contributed by atoms with van der Waals surface area (Å²) in [6.07, 6.45) is 3.02. The highest BCUT2D eigenvalue weighted by Gasteiger charge is 1.73. The van der Waals surface area contributed by atoms with Gasteiger partial charge in [0.05, 0.1) is 1.59 Å². The lowest BCUT2D eigenvalue weighted by Crippen LogP contribution is -1.53. The lowest BCUT2D eigenvalue weighted by Gasteiger charge is -1.66. The van der Waals surface area contributed by atoms with Crippen molar-refractivity contribution in [1.82, 2.24) is 0 Å². The maximum absolute atomic E-state index is 9.40. The Morgan fingerprint density at radius 3 is 2.17 bits per heavy atom. The highest BCUT2D eigenvalue weighted by atomic mass is 127. The molecule has 0 amide bonds. The van der Waals surface area contributed by atoms with Crippen molar-refractivity contribution in [2.75, 3.05) is 0 Å². The molecular formula is C3HI2O. The number of carbonyl (C=O) groups excluding carboxylic acids is 1. The maximum atomic E-state index is 9.40. The molecule has 0 rings (SSSR count). The van der Waals surface area contributed by atoms with Crippen molar-refractivity contribution in [3.05, 3.63) is 7.66 Å². The molecule has 0 aliphatic carbocycles. The van der Waals surface area contributed by atoms with Crippen molar-refractivity contribution in [2.24, 2.45) is 0 Å². The summed E-state index contributed by atoms with van der Waals surface area (Å²) in [5.74, 6) is 0. The van der Waals surface area contributed by atoms with Gasteiger partial charge in [-0.25, -0.2) is 0 Å². The standard InChI is InChI=1S/C3HI2O/c4-3(5)1-2-6/h1H. The first-order chi connectivity index (χ1) is 2.77. The van der Waals surface area contributed by atoms with E-state index >= 15 is 0 Å². The van der Waals surface area contributed by atoms with Crippen LogP contribution in [0.2, 0.25) is 0 Å². The van der Waals surface area contributed by atoms with E-state index < -0.39 is 0 Å². The summed E-state index contributed by atoms with van der Waals surface area (Å²) < 4.78 is 0.931. The van der Waals surface area contributed by atoms with Crippen LogP contribution in [0.4, 0.5) is 0 Å². The van der Waals surface area contributed by atoms with E-state index in [-0.39, 0.29) is 0 Å². The van der Waals surface area contributed by atoms with E-state index in [1.165, 1.54) is 6.08 Å². The minimum Gasteiger partial charge on any atom is -0.286 e. The summed E-state index contributed by atoms with van der Waals surface area (Å²) in [6.45, 7) is 0. The van der Waals surface area contributed by atoms with Gasteiger partial charge < -0.3 is 0 Å². The zero-order chi connectivity index (χ0) is 4.99. The Bertz CT molecular complexity index is 72.9. The van der Waals surface area contributed by atoms with Crippen LogP contribution in [-0.2, 0) is 4.79 Å². The van der Waals surface area contributed by atoms with Gasteiger partial charge >= 0.3 is 0 Å². The number of rotatable bonds is 1. The maximum Gasteiger partial charge on any atom is 0.227 e. The summed E-state index contributed by atoms with van der Waals surface area (Å²) in [4.78, 5) is 9.40. The van der Waals surface area contributed by atoms with Gasteiger partial charge in [-0.2, -0.15) is 0 Å². The van der Waals surface area contributed by atoms with Gasteiger partial charge in [0.25, 0.3) is 0 Å². The average molecular weight is 307 g/mol. The molecule has 3 heteroatoms. The summed E-state index contributed by atoms with van der Waals surface area (Å²) >= 11 is 4.06. The highest BCUT2D eigenvalue weighted by molar-refractivity contribution is 14.2. The molecule has 1 radical (unpaired) electrons. The molecule has 0 aromatic carbocycles. The highest BCUT2D eigenvalue weighted by Crippen LogP contribution is 2.12. The second-order valence-electron chi connectivity index (χ2n) is 0.552. The molecule has 0 aromatic heterocycles. The summed E-state index contributed by atoms with van der Waals surface area (Å²) in [7, 11) is 0. The van der Waals surface area contributed by atoms with Crippen molar-refractivity contribution >= 4 is 51.5 Å². The number of allylic oxidation sites excluding steroid dienone is 1. The van der Waals surface area contributed by atoms with E-state index in [2.05, 4.69) is 0 Å². The largest absolute Gasteiger partial charge is 0.286 e. The van der Waals surface area contributed by atoms with Crippen LogP contribution < -0.4 is 0 Å². The molecule has 0 spiro atoms. The molecule has 0 aliphatic rings. The monoisotopic (exact) mass is 307 g/mol. The van der Waals surface area contributed by atoms with Crippen molar-refractivity contribution < 1.29 is 4.79 Å². The van der Waals surface area contributed by atoms with Gasteiger partial charge in [-0.3, -0.25) is 4.79 Å². The smallest absolute Gasteiger partial charge is 0.227 e. The molecule has 33 valence electrons. The van der Waals surface area contributed by atoms with Gasteiger partial charge in [-0.05, 0) is 45.2 Å². The van der Waals surface area contributed by atoms with Gasteiger partial charge in [0, 0.05) is 6.08 Å². The molecule has 0 atom stereocenters. The lowest BCUT2D eigenvalue weighted by atomic mass is 10.8. The van der Waals surface area contributed by atoms with Crippen LogP contribution in [-0.4, -0.2) is 6.29 Å². The van der Waals surface area contributed by atoms with Gasteiger partial charge in [0.1, 0.15) is 0 Å². The van der Waals surface area contributed by atoms with Crippen LogP contribution in [0.25, 0.3) is 0 Å². The van der Waals surface area contributed by atoms with Crippen LogP contribution in [0.1, 0.15) is 0 Å². The molecular weight excluding hydrogens is 306 g/mol. The summed E-state index contributed by atoms with van der Waals surface area (Å²) in [5.41, 5.74) is 0.